The minimum absolute atomic E-state index is 0.0598. The number of fused-ring (bicyclic) bond motifs is 1. The normalized spacial score (nSPS) is 10.8. The number of carbonyl (C=O) groups excluding carboxylic acids is 2. The Hall–Kier alpha value is -3.78. The summed E-state index contributed by atoms with van der Waals surface area (Å²) < 4.78 is 3.21. The van der Waals surface area contributed by atoms with Gasteiger partial charge >= 0.3 is 0 Å². The zero-order valence-corrected chi connectivity index (χ0v) is 19.2. The van der Waals surface area contributed by atoms with Gasteiger partial charge in [-0.05, 0) is 42.0 Å². The van der Waals surface area contributed by atoms with Crippen LogP contribution in [0.15, 0.2) is 77.6 Å². The second-order valence-corrected chi connectivity index (χ2v) is 8.57. The van der Waals surface area contributed by atoms with Gasteiger partial charge in [-0.15, -0.1) is 11.8 Å². The van der Waals surface area contributed by atoms with Gasteiger partial charge in [0.05, 0.1) is 22.9 Å². The Morgan fingerprint density at radius 3 is 2.21 bits per heavy atom. The Labute approximate surface area is 195 Å². The second kappa shape index (κ2) is 9.79. The standard InChI is InChI=1S/C25H24N4O3S/c1-17-24(25(32)29(28(17)2)21-10-4-3-5-11-21)27-23(31)16-33-15-22(30)26-20-13-12-18-8-6-7-9-19(18)14-20/h3-14H,15-16H2,1-2H3,(H,26,30)(H,27,31). The summed E-state index contributed by atoms with van der Waals surface area (Å²) in [6.07, 6.45) is 0. The number of amides is 2. The van der Waals surface area contributed by atoms with Crippen LogP contribution in [-0.2, 0) is 16.6 Å². The molecule has 1 aromatic heterocycles. The maximum absolute atomic E-state index is 12.9. The summed E-state index contributed by atoms with van der Waals surface area (Å²) >= 11 is 1.19. The Morgan fingerprint density at radius 1 is 0.848 bits per heavy atom. The van der Waals surface area contributed by atoms with E-state index in [1.807, 2.05) is 72.8 Å². The van der Waals surface area contributed by atoms with Gasteiger partial charge in [0, 0.05) is 12.7 Å². The quantitative estimate of drug-likeness (QED) is 0.437. The second-order valence-electron chi connectivity index (χ2n) is 7.59. The monoisotopic (exact) mass is 460 g/mol. The molecule has 0 aliphatic rings. The first-order valence-electron chi connectivity index (χ1n) is 10.4. The summed E-state index contributed by atoms with van der Waals surface area (Å²) in [5.74, 6) is -0.332. The van der Waals surface area contributed by atoms with E-state index in [0.717, 1.165) is 10.8 Å². The molecule has 0 radical (unpaired) electrons. The number of aromatic nitrogens is 2. The van der Waals surface area contributed by atoms with Crippen LogP contribution in [0.1, 0.15) is 5.69 Å². The molecule has 0 bridgehead atoms. The molecule has 8 heteroatoms. The van der Waals surface area contributed by atoms with E-state index < -0.39 is 0 Å². The van der Waals surface area contributed by atoms with Crippen molar-refractivity contribution in [3.05, 3.63) is 88.8 Å². The third-order valence-corrected chi connectivity index (χ3v) is 6.25. The maximum atomic E-state index is 12.9. The molecule has 0 fully saturated rings. The smallest absolute Gasteiger partial charge is 0.295 e. The molecule has 2 amide bonds. The molecule has 4 aromatic rings. The number of thioether (sulfide) groups is 1. The highest BCUT2D eigenvalue weighted by Crippen LogP contribution is 2.19. The van der Waals surface area contributed by atoms with Crippen molar-refractivity contribution in [1.82, 2.24) is 9.36 Å². The lowest BCUT2D eigenvalue weighted by molar-refractivity contribution is -0.114. The van der Waals surface area contributed by atoms with Crippen LogP contribution in [0.2, 0.25) is 0 Å². The number of hydrogen-bond acceptors (Lipinski definition) is 4. The van der Waals surface area contributed by atoms with E-state index in [9.17, 15) is 14.4 Å². The molecule has 0 aliphatic carbocycles. The van der Waals surface area contributed by atoms with E-state index >= 15 is 0 Å². The molecule has 0 aliphatic heterocycles. The molecular weight excluding hydrogens is 436 g/mol. The molecule has 4 rings (SSSR count). The number of benzene rings is 3. The predicted octanol–water partition coefficient (Wildman–Crippen LogP) is 3.95. The van der Waals surface area contributed by atoms with Gasteiger partial charge in [0.2, 0.25) is 11.8 Å². The van der Waals surface area contributed by atoms with E-state index in [1.54, 1.807) is 18.7 Å². The van der Waals surface area contributed by atoms with Crippen molar-refractivity contribution in [2.75, 3.05) is 22.1 Å². The summed E-state index contributed by atoms with van der Waals surface area (Å²) in [4.78, 5) is 37.6. The highest BCUT2D eigenvalue weighted by atomic mass is 32.2. The summed E-state index contributed by atoms with van der Waals surface area (Å²) in [7, 11) is 1.77. The molecule has 0 spiro atoms. The summed E-state index contributed by atoms with van der Waals surface area (Å²) in [5.41, 5.74) is 2.02. The van der Waals surface area contributed by atoms with Crippen LogP contribution in [0.4, 0.5) is 11.4 Å². The van der Waals surface area contributed by atoms with Crippen LogP contribution < -0.4 is 16.2 Å². The number of para-hydroxylation sites is 1. The first-order valence-corrected chi connectivity index (χ1v) is 11.6. The molecule has 0 unspecified atom stereocenters. The minimum Gasteiger partial charge on any atom is -0.325 e. The zero-order chi connectivity index (χ0) is 23.4. The Balaban J connectivity index is 1.33. The van der Waals surface area contributed by atoms with E-state index in [0.29, 0.717) is 17.1 Å². The fourth-order valence-electron chi connectivity index (χ4n) is 3.59. The number of anilines is 2. The van der Waals surface area contributed by atoms with Gasteiger partial charge in [-0.1, -0.05) is 48.5 Å². The van der Waals surface area contributed by atoms with E-state index in [4.69, 9.17) is 0 Å². The van der Waals surface area contributed by atoms with Crippen LogP contribution in [0, 0.1) is 6.92 Å². The Bertz CT molecular complexity index is 1380. The van der Waals surface area contributed by atoms with Gasteiger partial charge in [0.1, 0.15) is 5.69 Å². The van der Waals surface area contributed by atoms with Crippen molar-refractivity contribution < 1.29 is 9.59 Å². The predicted molar refractivity (Wildman–Crippen MR) is 134 cm³/mol. The lowest BCUT2D eigenvalue weighted by Crippen LogP contribution is -2.24. The molecule has 0 saturated carbocycles. The highest BCUT2D eigenvalue weighted by Gasteiger charge is 2.18. The lowest BCUT2D eigenvalue weighted by Gasteiger charge is -2.07. The van der Waals surface area contributed by atoms with Gasteiger partial charge in [-0.3, -0.25) is 19.1 Å². The van der Waals surface area contributed by atoms with Gasteiger partial charge < -0.3 is 10.6 Å². The molecule has 0 saturated heterocycles. The molecule has 2 N–H and O–H groups in total. The van der Waals surface area contributed by atoms with E-state index in [-0.39, 0.29) is 34.6 Å². The number of hydrogen-bond donors (Lipinski definition) is 2. The molecule has 168 valence electrons. The fraction of sp³-hybridized carbons (Fsp3) is 0.160. The molecule has 7 nitrogen and oxygen atoms in total. The number of nitrogens with zero attached hydrogens (tertiary/aromatic N) is 2. The van der Waals surface area contributed by atoms with Gasteiger partial charge in [-0.2, -0.15) is 0 Å². The van der Waals surface area contributed by atoms with Crippen molar-refractivity contribution in [3.8, 4) is 5.69 Å². The van der Waals surface area contributed by atoms with Crippen molar-refractivity contribution in [2.45, 2.75) is 6.92 Å². The van der Waals surface area contributed by atoms with Gasteiger partial charge in [0.15, 0.2) is 0 Å². The van der Waals surface area contributed by atoms with Crippen LogP contribution in [0.5, 0.6) is 0 Å². The van der Waals surface area contributed by atoms with Gasteiger partial charge in [0.25, 0.3) is 5.56 Å². The molecular formula is C25H24N4O3S. The zero-order valence-electron chi connectivity index (χ0n) is 18.4. The maximum Gasteiger partial charge on any atom is 0.295 e. The summed E-state index contributed by atoms with van der Waals surface area (Å²) in [6.45, 7) is 1.78. The highest BCUT2D eigenvalue weighted by molar-refractivity contribution is 8.00. The SMILES string of the molecule is Cc1c(NC(=O)CSCC(=O)Nc2ccc3ccccc3c2)c(=O)n(-c2ccccc2)n1C. The third kappa shape index (κ3) is 5.01. The Morgan fingerprint density at radius 2 is 1.48 bits per heavy atom. The van der Waals surface area contributed by atoms with Crippen LogP contribution in [-0.4, -0.2) is 32.7 Å². The summed E-state index contributed by atoms with van der Waals surface area (Å²) in [5, 5.41) is 7.71. The average Bonchev–Trinajstić information content (AvgIpc) is 3.02. The van der Waals surface area contributed by atoms with Crippen molar-refractivity contribution in [3.63, 3.8) is 0 Å². The number of carbonyl (C=O) groups is 2. The third-order valence-electron chi connectivity index (χ3n) is 5.32. The van der Waals surface area contributed by atoms with Crippen LogP contribution in [0.25, 0.3) is 16.5 Å². The first kappa shape index (κ1) is 22.4. The fourth-order valence-corrected chi connectivity index (χ4v) is 4.21. The number of nitrogens with one attached hydrogen (secondary N) is 2. The first-order chi connectivity index (χ1) is 15.9. The average molecular weight is 461 g/mol. The van der Waals surface area contributed by atoms with Crippen molar-refractivity contribution in [2.24, 2.45) is 7.05 Å². The topological polar surface area (TPSA) is 85.1 Å². The van der Waals surface area contributed by atoms with E-state index in [1.165, 1.54) is 16.4 Å². The van der Waals surface area contributed by atoms with Crippen molar-refractivity contribution in [1.29, 1.82) is 0 Å². The molecule has 33 heavy (non-hydrogen) atoms. The molecule has 1 heterocycles. The van der Waals surface area contributed by atoms with Gasteiger partial charge in [-0.25, -0.2) is 4.68 Å². The molecule has 0 atom stereocenters. The lowest BCUT2D eigenvalue weighted by atomic mass is 10.1. The van der Waals surface area contributed by atoms with Crippen LogP contribution >= 0.6 is 11.8 Å². The Kier molecular flexibility index (Phi) is 6.65. The van der Waals surface area contributed by atoms with Crippen LogP contribution in [0.3, 0.4) is 0 Å². The minimum atomic E-state index is -0.329. The summed E-state index contributed by atoms with van der Waals surface area (Å²) in [6, 6.07) is 22.9. The molecule has 3 aromatic carbocycles. The largest absolute Gasteiger partial charge is 0.325 e. The number of rotatable bonds is 7. The van der Waals surface area contributed by atoms with Crippen molar-refractivity contribution >= 4 is 45.7 Å². The van der Waals surface area contributed by atoms with E-state index in [2.05, 4.69) is 10.6 Å².